The van der Waals surface area contributed by atoms with Gasteiger partial charge in [0.2, 0.25) is 21.8 Å². The fourth-order valence-corrected chi connectivity index (χ4v) is 2.98. The van der Waals surface area contributed by atoms with Crippen LogP contribution in [0.5, 0.6) is 0 Å². The van der Waals surface area contributed by atoms with Gasteiger partial charge in [-0.1, -0.05) is 12.2 Å². The number of nitrogens with two attached hydrogens (primary N) is 1. The topological polar surface area (TPSA) is 110 Å². The molecule has 0 aromatic rings. The minimum absolute atomic E-state index is 0.122. The van der Waals surface area contributed by atoms with Crippen LogP contribution < -0.4 is 10.5 Å². The van der Waals surface area contributed by atoms with E-state index in [0.29, 0.717) is 0 Å². The van der Waals surface area contributed by atoms with Crippen molar-refractivity contribution in [3.63, 3.8) is 0 Å². The van der Waals surface area contributed by atoms with Crippen LogP contribution in [-0.2, 0) is 19.6 Å². The highest BCUT2D eigenvalue weighted by Crippen LogP contribution is 2.13. The molecule has 1 aliphatic rings. The first-order valence-electron chi connectivity index (χ1n) is 5.27. The van der Waals surface area contributed by atoms with Gasteiger partial charge in [-0.05, 0) is 13.3 Å². The Labute approximate surface area is 111 Å². The summed E-state index contributed by atoms with van der Waals surface area (Å²) in [6.45, 7) is 1.34. The second-order valence-electron chi connectivity index (χ2n) is 4.09. The second kappa shape index (κ2) is 5.29. The first kappa shape index (κ1) is 15.0. The summed E-state index contributed by atoms with van der Waals surface area (Å²) >= 11 is 4.61. The van der Waals surface area contributed by atoms with Crippen LogP contribution in [0.4, 0.5) is 0 Å². The number of rotatable bonds is 4. The van der Waals surface area contributed by atoms with Crippen LogP contribution in [0.2, 0.25) is 0 Å². The Morgan fingerprint density at radius 2 is 2.11 bits per heavy atom. The molecule has 2 unspecified atom stereocenters. The summed E-state index contributed by atoms with van der Waals surface area (Å²) in [7, 11) is -2.49. The lowest BCUT2D eigenvalue weighted by Gasteiger charge is -2.28. The Balaban J connectivity index is 2.83. The minimum atomic E-state index is -3.81. The van der Waals surface area contributed by atoms with E-state index in [1.54, 1.807) is 0 Å². The van der Waals surface area contributed by atoms with Gasteiger partial charge in [0.25, 0.3) is 0 Å². The number of piperidine rings is 1. The lowest BCUT2D eigenvalue weighted by atomic mass is 10.1. The molecule has 1 aliphatic heterocycles. The third-order valence-electron chi connectivity index (χ3n) is 2.82. The summed E-state index contributed by atoms with van der Waals surface area (Å²) in [5.74, 6) is -0.886. The van der Waals surface area contributed by atoms with Crippen LogP contribution in [0.15, 0.2) is 0 Å². The van der Waals surface area contributed by atoms with Gasteiger partial charge in [-0.25, -0.2) is 13.1 Å². The fourth-order valence-electron chi connectivity index (χ4n) is 1.48. The van der Waals surface area contributed by atoms with Crippen molar-refractivity contribution in [2.75, 3.05) is 7.05 Å². The maximum Gasteiger partial charge on any atom is 0.247 e. The zero-order chi connectivity index (χ0) is 14.1. The Kier molecular flexibility index (Phi) is 4.41. The number of nitrogens with zero attached hydrogens (tertiary/aromatic N) is 1. The highest BCUT2D eigenvalue weighted by molar-refractivity contribution is 7.93. The SMILES string of the molecule is CC(C(N)=S)S(=O)(=O)NC1CCC(=O)N(C)C1=O. The molecule has 3 N–H and O–H groups in total. The number of carbonyl (C=O) groups is 2. The van der Waals surface area contributed by atoms with Crippen molar-refractivity contribution in [3.05, 3.63) is 0 Å². The molecule has 2 atom stereocenters. The van der Waals surface area contributed by atoms with Crippen molar-refractivity contribution in [2.24, 2.45) is 5.73 Å². The molecule has 0 spiro atoms. The predicted octanol–water partition coefficient (Wildman–Crippen LogP) is -1.27. The summed E-state index contributed by atoms with van der Waals surface area (Å²) in [6, 6.07) is -0.936. The molecule has 1 rings (SSSR count). The molecule has 0 saturated carbocycles. The van der Waals surface area contributed by atoms with Crippen LogP contribution >= 0.6 is 12.2 Å². The number of amides is 2. The van der Waals surface area contributed by atoms with E-state index in [-0.39, 0.29) is 23.7 Å². The Bertz CT molecular complexity index is 488. The third kappa shape index (κ3) is 3.03. The quantitative estimate of drug-likeness (QED) is 0.494. The van der Waals surface area contributed by atoms with E-state index in [1.165, 1.54) is 14.0 Å². The number of likely N-dealkylation sites (tertiary alicyclic amines) is 1. The van der Waals surface area contributed by atoms with Crippen molar-refractivity contribution < 1.29 is 18.0 Å². The number of thiocarbonyl (C=S) groups is 1. The molecule has 0 aliphatic carbocycles. The molecule has 1 fully saturated rings. The maximum absolute atomic E-state index is 11.8. The van der Waals surface area contributed by atoms with Gasteiger partial charge in [-0.15, -0.1) is 0 Å². The molecular formula is C9H15N3O4S2. The highest BCUT2D eigenvalue weighted by Gasteiger charge is 2.36. The van der Waals surface area contributed by atoms with E-state index >= 15 is 0 Å². The highest BCUT2D eigenvalue weighted by atomic mass is 32.2. The summed E-state index contributed by atoms with van der Waals surface area (Å²) in [5, 5.41) is -1.07. The Hall–Kier alpha value is -1.06. The van der Waals surface area contributed by atoms with E-state index in [1.807, 2.05) is 0 Å². The van der Waals surface area contributed by atoms with E-state index in [2.05, 4.69) is 16.9 Å². The van der Waals surface area contributed by atoms with Gasteiger partial charge in [-0.3, -0.25) is 14.5 Å². The van der Waals surface area contributed by atoms with Crippen LogP contribution in [0.25, 0.3) is 0 Å². The number of hydrogen-bond donors (Lipinski definition) is 2. The third-order valence-corrected chi connectivity index (χ3v) is 5.12. The summed E-state index contributed by atoms with van der Waals surface area (Å²) in [4.78, 5) is 23.7. The Morgan fingerprint density at radius 1 is 1.56 bits per heavy atom. The van der Waals surface area contributed by atoms with Gasteiger partial charge in [0.15, 0.2) is 0 Å². The van der Waals surface area contributed by atoms with Crippen LogP contribution in [0.3, 0.4) is 0 Å². The maximum atomic E-state index is 11.8. The Morgan fingerprint density at radius 3 is 2.61 bits per heavy atom. The average molecular weight is 293 g/mol. The molecule has 1 saturated heterocycles. The number of nitrogens with one attached hydrogen (secondary N) is 1. The molecule has 1 heterocycles. The lowest BCUT2D eigenvalue weighted by molar-refractivity contribution is -0.147. The zero-order valence-corrected chi connectivity index (χ0v) is 11.7. The standard InChI is InChI=1S/C9H15N3O4S2/c1-5(8(10)17)18(15,16)11-6-3-4-7(13)12(2)9(6)14/h5-6,11H,3-4H2,1-2H3,(H2,10,17). The number of hydrogen-bond acceptors (Lipinski definition) is 5. The molecule has 9 heteroatoms. The summed E-state index contributed by atoms with van der Waals surface area (Å²) in [6.07, 6.45) is 0.266. The number of sulfonamides is 1. The first-order valence-corrected chi connectivity index (χ1v) is 7.23. The van der Waals surface area contributed by atoms with E-state index in [9.17, 15) is 18.0 Å². The average Bonchev–Trinajstić information content (AvgIpc) is 2.28. The minimum Gasteiger partial charge on any atom is -0.392 e. The van der Waals surface area contributed by atoms with Crippen molar-refractivity contribution in [3.8, 4) is 0 Å². The molecular weight excluding hydrogens is 278 g/mol. The molecule has 0 radical (unpaired) electrons. The van der Waals surface area contributed by atoms with Crippen molar-refractivity contribution in [1.29, 1.82) is 0 Å². The normalized spacial score (nSPS) is 23.0. The summed E-state index contributed by atoms with van der Waals surface area (Å²) in [5.41, 5.74) is 5.27. The molecule has 0 bridgehead atoms. The van der Waals surface area contributed by atoms with Gasteiger partial charge in [0.1, 0.15) is 11.3 Å². The van der Waals surface area contributed by atoms with Crippen LogP contribution in [0, 0.1) is 0 Å². The van der Waals surface area contributed by atoms with Gasteiger partial charge < -0.3 is 5.73 Å². The number of imide groups is 1. The van der Waals surface area contributed by atoms with Gasteiger partial charge in [0, 0.05) is 13.5 Å². The van der Waals surface area contributed by atoms with Crippen molar-refractivity contribution >= 4 is 39.0 Å². The number of carbonyl (C=O) groups excluding carboxylic acids is 2. The van der Waals surface area contributed by atoms with Crippen molar-refractivity contribution in [1.82, 2.24) is 9.62 Å². The number of likely N-dealkylation sites (N-methyl/N-ethyl adjacent to an activating group) is 1. The fraction of sp³-hybridized carbons (Fsp3) is 0.667. The van der Waals surface area contributed by atoms with E-state index in [4.69, 9.17) is 5.73 Å². The molecule has 2 amide bonds. The molecule has 0 aromatic carbocycles. The molecule has 102 valence electrons. The zero-order valence-electron chi connectivity index (χ0n) is 10.0. The molecule has 0 aromatic heterocycles. The van der Waals surface area contributed by atoms with Gasteiger partial charge in [-0.2, -0.15) is 0 Å². The molecule has 7 nitrogen and oxygen atoms in total. The van der Waals surface area contributed by atoms with E-state index < -0.39 is 27.2 Å². The smallest absolute Gasteiger partial charge is 0.247 e. The van der Waals surface area contributed by atoms with E-state index in [0.717, 1.165) is 4.90 Å². The second-order valence-corrected chi connectivity index (χ2v) is 6.59. The van der Waals surface area contributed by atoms with Crippen LogP contribution in [-0.4, -0.2) is 48.5 Å². The lowest BCUT2D eigenvalue weighted by Crippen LogP contribution is -2.55. The van der Waals surface area contributed by atoms with Gasteiger partial charge >= 0.3 is 0 Å². The molecule has 18 heavy (non-hydrogen) atoms. The monoisotopic (exact) mass is 293 g/mol. The first-order chi connectivity index (χ1) is 8.16. The predicted molar refractivity (Wildman–Crippen MR) is 69.1 cm³/mol. The largest absolute Gasteiger partial charge is 0.392 e. The summed E-state index contributed by atoms with van der Waals surface area (Å²) < 4.78 is 25.9. The van der Waals surface area contributed by atoms with Crippen LogP contribution in [0.1, 0.15) is 19.8 Å². The van der Waals surface area contributed by atoms with Crippen molar-refractivity contribution in [2.45, 2.75) is 31.1 Å². The van der Waals surface area contributed by atoms with Gasteiger partial charge in [0.05, 0.1) is 4.99 Å².